The van der Waals surface area contributed by atoms with Crippen LogP contribution in [0.2, 0.25) is 0 Å². The lowest BCUT2D eigenvalue weighted by Crippen LogP contribution is -2.51. The number of hydrogen-bond donors (Lipinski definition) is 3. The van der Waals surface area contributed by atoms with Crippen molar-refractivity contribution < 1.29 is 24.2 Å². The molecule has 1 aliphatic heterocycles. The molecule has 0 bridgehead atoms. The van der Waals surface area contributed by atoms with Crippen LogP contribution >= 0.6 is 22.6 Å². The third-order valence-corrected chi connectivity index (χ3v) is 5.29. The maximum atomic E-state index is 12.8. The second kappa shape index (κ2) is 10.0. The smallest absolute Gasteiger partial charge is 0.252 e. The number of aliphatic hydroxyl groups is 1. The highest BCUT2D eigenvalue weighted by Gasteiger charge is 2.45. The Morgan fingerprint density at radius 3 is 1.50 bits per heavy atom. The van der Waals surface area contributed by atoms with Gasteiger partial charge in [0.2, 0.25) is 4.30 Å². The van der Waals surface area contributed by atoms with Crippen molar-refractivity contribution in [3.05, 3.63) is 0 Å². The molecule has 1 saturated heterocycles. The third kappa shape index (κ3) is 10.2. The lowest BCUT2D eigenvalue weighted by atomic mass is 9.76. The Hall–Kier alpha value is -0.450. The number of ether oxygens (including phenoxy) is 2. The van der Waals surface area contributed by atoms with E-state index in [1.54, 1.807) is 13.8 Å². The molecule has 2 amide bonds. The minimum Gasteiger partial charge on any atom is -0.390 e. The van der Waals surface area contributed by atoms with Gasteiger partial charge in [-0.15, -0.1) is 0 Å². The van der Waals surface area contributed by atoms with E-state index in [-0.39, 0.29) is 28.1 Å². The molecular formula is C22H41IN2O5. The maximum absolute atomic E-state index is 12.8. The molecule has 0 aromatic rings. The minimum absolute atomic E-state index is 0.0873. The van der Waals surface area contributed by atoms with Crippen molar-refractivity contribution in [2.75, 3.05) is 13.1 Å². The molecule has 0 aromatic carbocycles. The van der Waals surface area contributed by atoms with E-state index in [1.807, 2.05) is 36.4 Å². The van der Waals surface area contributed by atoms with Crippen molar-refractivity contribution in [1.82, 2.24) is 10.6 Å². The van der Waals surface area contributed by atoms with Crippen molar-refractivity contribution in [2.45, 2.75) is 97.3 Å². The summed E-state index contributed by atoms with van der Waals surface area (Å²) in [5.74, 6) is -0.723. The number of carbonyl (C=O) groups excluding carboxylic acids is 2. The fourth-order valence-electron chi connectivity index (χ4n) is 4.39. The number of halogens is 1. The summed E-state index contributed by atoms with van der Waals surface area (Å²) in [5, 5.41) is 15.9. The molecule has 7 nitrogen and oxygen atoms in total. The summed E-state index contributed by atoms with van der Waals surface area (Å²) in [6.07, 6.45) is -0.535. The first-order valence-corrected chi connectivity index (χ1v) is 11.8. The molecule has 8 heteroatoms. The fourth-order valence-corrected chi connectivity index (χ4v) is 5.02. The number of alkyl halides is 1. The van der Waals surface area contributed by atoms with Crippen LogP contribution in [0.1, 0.15) is 75.2 Å². The highest BCUT2D eigenvalue weighted by molar-refractivity contribution is 14.1. The first-order valence-electron chi connectivity index (χ1n) is 10.5. The van der Waals surface area contributed by atoms with E-state index in [2.05, 4.69) is 45.3 Å². The summed E-state index contributed by atoms with van der Waals surface area (Å²) in [5.41, 5.74) is -1.09. The zero-order valence-corrected chi connectivity index (χ0v) is 22.2. The van der Waals surface area contributed by atoms with Crippen molar-refractivity contribution >= 4 is 34.4 Å². The fraction of sp³-hybridized carbons (Fsp3) is 0.909. The molecule has 1 heterocycles. The molecule has 1 rings (SSSR count). The standard InChI is InChI=1S/C22H41IN2O5/c1-19(2,3)10-20(4,5)12-24-16(26)14-15(30-18(23)29-14)17(27)25-13-21(6,7)11-22(8,9)28/h14-15,18,28H,10-13H2,1-9H3,(H,24,26)(H,25,27). The number of rotatable bonds is 9. The van der Waals surface area contributed by atoms with Gasteiger partial charge in [0.1, 0.15) is 0 Å². The molecule has 0 saturated carbocycles. The van der Waals surface area contributed by atoms with Gasteiger partial charge in [-0.1, -0.05) is 48.5 Å². The van der Waals surface area contributed by atoms with Gasteiger partial charge in [-0.3, -0.25) is 9.59 Å². The van der Waals surface area contributed by atoms with E-state index in [0.717, 1.165) is 6.42 Å². The quantitative estimate of drug-likeness (QED) is 0.308. The van der Waals surface area contributed by atoms with E-state index >= 15 is 0 Å². The van der Waals surface area contributed by atoms with E-state index in [1.165, 1.54) is 0 Å². The summed E-state index contributed by atoms with van der Waals surface area (Å²) in [4.78, 5) is 25.5. The number of carbonyl (C=O) groups is 2. The first-order chi connectivity index (χ1) is 13.3. The van der Waals surface area contributed by atoms with E-state index in [4.69, 9.17) is 9.47 Å². The Balaban J connectivity index is 2.70. The van der Waals surface area contributed by atoms with Crippen LogP contribution in [-0.4, -0.2) is 52.1 Å². The number of amides is 2. The molecule has 0 aromatic heterocycles. The lowest BCUT2D eigenvalue weighted by Gasteiger charge is -2.33. The molecular weight excluding hydrogens is 499 g/mol. The molecule has 0 radical (unpaired) electrons. The molecule has 0 spiro atoms. The molecule has 1 fully saturated rings. The minimum atomic E-state index is -1.00. The Morgan fingerprint density at radius 2 is 1.17 bits per heavy atom. The van der Waals surface area contributed by atoms with E-state index < -0.39 is 22.1 Å². The van der Waals surface area contributed by atoms with Gasteiger partial charge in [-0.2, -0.15) is 0 Å². The van der Waals surface area contributed by atoms with Crippen LogP contribution in [0.3, 0.4) is 0 Å². The van der Waals surface area contributed by atoms with Crippen molar-refractivity contribution in [2.24, 2.45) is 16.2 Å². The van der Waals surface area contributed by atoms with Gasteiger partial charge < -0.3 is 25.2 Å². The monoisotopic (exact) mass is 540 g/mol. The van der Waals surface area contributed by atoms with Gasteiger partial charge >= 0.3 is 0 Å². The van der Waals surface area contributed by atoms with Crippen LogP contribution in [0.15, 0.2) is 0 Å². The zero-order chi connectivity index (χ0) is 23.5. The topological polar surface area (TPSA) is 96.9 Å². The van der Waals surface area contributed by atoms with Crippen molar-refractivity contribution in [1.29, 1.82) is 0 Å². The molecule has 3 unspecified atom stereocenters. The van der Waals surface area contributed by atoms with Gasteiger partial charge in [0.05, 0.1) is 5.60 Å². The third-order valence-electron chi connectivity index (χ3n) is 4.70. The van der Waals surface area contributed by atoms with E-state index in [0.29, 0.717) is 19.5 Å². The molecule has 1 aliphatic rings. The summed E-state index contributed by atoms with van der Waals surface area (Å²) < 4.78 is 10.5. The van der Waals surface area contributed by atoms with Crippen molar-refractivity contribution in [3.63, 3.8) is 0 Å². The number of hydrogen-bond acceptors (Lipinski definition) is 5. The largest absolute Gasteiger partial charge is 0.390 e. The summed E-state index contributed by atoms with van der Waals surface area (Å²) in [6, 6.07) is 0. The normalized spacial score (nSPS) is 23.4. The van der Waals surface area contributed by atoms with Gasteiger partial charge in [-0.05, 0) is 65.5 Å². The predicted octanol–water partition coefficient (Wildman–Crippen LogP) is 3.37. The van der Waals surface area contributed by atoms with Crippen LogP contribution in [0.5, 0.6) is 0 Å². The predicted molar refractivity (Wildman–Crippen MR) is 126 cm³/mol. The summed E-state index contributed by atoms with van der Waals surface area (Å²) in [6.45, 7) is 19.0. The maximum Gasteiger partial charge on any atom is 0.252 e. The lowest BCUT2D eigenvalue weighted by molar-refractivity contribution is -0.138. The average Bonchev–Trinajstić information content (AvgIpc) is 2.88. The van der Waals surface area contributed by atoms with Gasteiger partial charge in [-0.25, -0.2) is 0 Å². The SMILES string of the molecule is CC(C)(C)CC(C)(C)CNC(=O)C1OC(I)OC1C(=O)NCC(C)(C)CC(C)(C)O. The van der Waals surface area contributed by atoms with Crippen LogP contribution < -0.4 is 10.6 Å². The Labute approximate surface area is 195 Å². The van der Waals surface area contributed by atoms with E-state index in [9.17, 15) is 14.7 Å². The summed E-state index contributed by atoms with van der Waals surface area (Å²) in [7, 11) is 0. The van der Waals surface area contributed by atoms with Gasteiger partial charge in [0.25, 0.3) is 11.8 Å². The Morgan fingerprint density at radius 1 is 0.800 bits per heavy atom. The highest BCUT2D eigenvalue weighted by Crippen LogP contribution is 2.33. The van der Waals surface area contributed by atoms with Crippen LogP contribution in [0.4, 0.5) is 0 Å². The molecule has 0 aliphatic carbocycles. The second-order valence-electron chi connectivity index (χ2n) is 11.9. The Bertz CT molecular complexity index is 556. The molecule has 3 N–H and O–H groups in total. The van der Waals surface area contributed by atoms with Crippen LogP contribution in [0, 0.1) is 16.2 Å². The molecule has 176 valence electrons. The first kappa shape index (κ1) is 27.6. The van der Waals surface area contributed by atoms with Gasteiger partial charge in [0.15, 0.2) is 12.2 Å². The van der Waals surface area contributed by atoms with Crippen molar-refractivity contribution in [3.8, 4) is 0 Å². The molecule has 30 heavy (non-hydrogen) atoms. The highest BCUT2D eigenvalue weighted by atomic mass is 127. The summed E-state index contributed by atoms with van der Waals surface area (Å²) >= 11 is 1.92. The van der Waals surface area contributed by atoms with Gasteiger partial charge in [0, 0.05) is 13.1 Å². The average molecular weight is 540 g/mol. The van der Waals surface area contributed by atoms with Crippen LogP contribution in [0.25, 0.3) is 0 Å². The Kier molecular flexibility index (Phi) is 9.19. The van der Waals surface area contributed by atoms with Crippen LogP contribution in [-0.2, 0) is 19.1 Å². The number of nitrogens with one attached hydrogen (secondary N) is 2. The molecule has 3 atom stereocenters. The zero-order valence-electron chi connectivity index (χ0n) is 20.0. The second-order valence-corrected chi connectivity index (χ2v) is 12.9.